The number of hydrogen-bond donors (Lipinski definition) is 1. The minimum Gasteiger partial charge on any atom is -0.484 e. The highest BCUT2D eigenvalue weighted by Crippen LogP contribution is 2.16. The van der Waals surface area contributed by atoms with Crippen molar-refractivity contribution in [3.8, 4) is 5.75 Å². The molecule has 29 heavy (non-hydrogen) atoms. The molecular weight excluding hydrogens is 388 g/mol. The van der Waals surface area contributed by atoms with Crippen LogP contribution in [0.15, 0.2) is 54.6 Å². The van der Waals surface area contributed by atoms with Gasteiger partial charge in [-0.2, -0.15) is 0 Å². The van der Waals surface area contributed by atoms with Gasteiger partial charge in [-0.1, -0.05) is 55.8 Å². The normalized spacial score (nSPS) is 11.6. The summed E-state index contributed by atoms with van der Waals surface area (Å²) in [4.78, 5) is 27.3. The summed E-state index contributed by atoms with van der Waals surface area (Å²) in [5.41, 5.74) is 1.12. The summed E-state index contributed by atoms with van der Waals surface area (Å²) in [7, 11) is 0. The number of nitrogens with zero attached hydrogens (tertiary/aromatic N) is 1. The molecule has 2 amide bonds. The van der Waals surface area contributed by atoms with Crippen LogP contribution in [0.2, 0.25) is 5.02 Å². The Kier molecular flexibility index (Phi) is 9.51. The minimum absolute atomic E-state index is 0.123. The first-order valence-electron chi connectivity index (χ1n) is 10.0. The van der Waals surface area contributed by atoms with Crippen LogP contribution in [-0.4, -0.2) is 42.5 Å². The largest absolute Gasteiger partial charge is 0.484 e. The van der Waals surface area contributed by atoms with E-state index in [9.17, 15) is 9.59 Å². The van der Waals surface area contributed by atoms with Crippen molar-refractivity contribution in [1.29, 1.82) is 0 Å². The molecule has 0 aliphatic carbocycles. The van der Waals surface area contributed by atoms with Crippen LogP contribution in [-0.2, 0) is 16.0 Å². The predicted molar refractivity (Wildman–Crippen MR) is 116 cm³/mol. The highest BCUT2D eigenvalue weighted by Gasteiger charge is 2.28. The van der Waals surface area contributed by atoms with Crippen LogP contribution in [0.5, 0.6) is 5.75 Å². The summed E-state index contributed by atoms with van der Waals surface area (Å²) < 4.78 is 5.63. The second-order valence-corrected chi connectivity index (χ2v) is 7.22. The first kappa shape index (κ1) is 22.8. The van der Waals surface area contributed by atoms with Crippen LogP contribution in [0.1, 0.15) is 32.3 Å². The molecule has 0 spiro atoms. The average Bonchev–Trinajstić information content (AvgIpc) is 2.75. The van der Waals surface area contributed by atoms with Crippen LogP contribution < -0.4 is 10.1 Å². The van der Waals surface area contributed by atoms with Gasteiger partial charge in [0, 0.05) is 18.1 Å². The van der Waals surface area contributed by atoms with Crippen molar-refractivity contribution >= 4 is 23.4 Å². The number of amides is 2. The van der Waals surface area contributed by atoms with E-state index in [1.807, 2.05) is 44.2 Å². The lowest BCUT2D eigenvalue weighted by atomic mass is 10.1. The quantitative estimate of drug-likeness (QED) is 0.600. The standard InChI is InChI=1S/C23H29ClN2O3/c1-3-15-25-23(28)21(4-2)26(16-14-18-8-6-5-7-9-18)22(27)17-29-20-12-10-19(24)11-13-20/h5-13,21H,3-4,14-17H2,1-2H3,(H,25,28)/t21-/m1/s1. The van der Waals surface area contributed by atoms with Gasteiger partial charge in [0.1, 0.15) is 11.8 Å². The van der Waals surface area contributed by atoms with E-state index in [0.717, 1.165) is 12.0 Å². The van der Waals surface area contributed by atoms with Crippen molar-refractivity contribution in [2.24, 2.45) is 0 Å². The van der Waals surface area contributed by atoms with Crippen LogP contribution in [0.25, 0.3) is 0 Å². The van der Waals surface area contributed by atoms with E-state index >= 15 is 0 Å². The van der Waals surface area contributed by atoms with Crippen molar-refractivity contribution in [2.45, 2.75) is 39.2 Å². The summed E-state index contributed by atoms with van der Waals surface area (Å²) in [6.45, 7) is 4.83. The second-order valence-electron chi connectivity index (χ2n) is 6.78. The molecular formula is C23H29ClN2O3. The zero-order valence-corrected chi connectivity index (χ0v) is 17.8. The topological polar surface area (TPSA) is 58.6 Å². The molecule has 2 aromatic rings. The van der Waals surface area contributed by atoms with E-state index in [2.05, 4.69) is 5.32 Å². The van der Waals surface area contributed by atoms with E-state index in [-0.39, 0.29) is 18.4 Å². The number of hydrogen-bond acceptors (Lipinski definition) is 3. The molecule has 0 unspecified atom stereocenters. The molecule has 0 aliphatic heterocycles. The van der Waals surface area contributed by atoms with E-state index in [1.165, 1.54) is 0 Å². The Bertz CT molecular complexity index is 765. The number of ether oxygens (including phenoxy) is 1. The summed E-state index contributed by atoms with van der Waals surface area (Å²) in [6.07, 6.45) is 2.06. The van der Waals surface area contributed by atoms with Crippen molar-refractivity contribution in [3.05, 3.63) is 65.2 Å². The van der Waals surface area contributed by atoms with Gasteiger partial charge in [0.2, 0.25) is 5.91 Å². The van der Waals surface area contributed by atoms with Gasteiger partial charge in [0.05, 0.1) is 0 Å². The Morgan fingerprint density at radius 2 is 1.76 bits per heavy atom. The van der Waals surface area contributed by atoms with E-state index in [0.29, 0.717) is 36.7 Å². The monoisotopic (exact) mass is 416 g/mol. The fraction of sp³-hybridized carbons (Fsp3) is 0.391. The zero-order valence-electron chi connectivity index (χ0n) is 17.1. The number of carbonyl (C=O) groups excluding carboxylic acids is 2. The van der Waals surface area contributed by atoms with Gasteiger partial charge in [-0.3, -0.25) is 9.59 Å². The number of halogens is 1. The van der Waals surface area contributed by atoms with Crippen LogP contribution in [0.4, 0.5) is 0 Å². The first-order chi connectivity index (χ1) is 14.0. The fourth-order valence-electron chi connectivity index (χ4n) is 3.02. The second kappa shape index (κ2) is 12.1. The Morgan fingerprint density at radius 1 is 1.07 bits per heavy atom. The van der Waals surface area contributed by atoms with Gasteiger partial charge in [0.25, 0.3) is 5.91 Å². The van der Waals surface area contributed by atoms with E-state index in [4.69, 9.17) is 16.3 Å². The smallest absolute Gasteiger partial charge is 0.261 e. The average molecular weight is 417 g/mol. The van der Waals surface area contributed by atoms with E-state index < -0.39 is 6.04 Å². The molecule has 0 bridgehead atoms. The minimum atomic E-state index is -0.522. The summed E-state index contributed by atoms with van der Waals surface area (Å²) in [6, 6.07) is 16.3. The third-order valence-electron chi connectivity index (χ3n) is 4.60. The van der Waals surface area contributed by atoms with Crippen molar-refractivity contribution in [1.82, 2.24) is 10.2 Å². The van der Waals surface area contributed by atoms with Crippen molar-refractivity contribution in [3.63, 3.8) is 0 Å². The SMILES string of the molecule is CCCNC(=O)[C@@H](CC)N(CCc1ccccc1)C(=O)COc1ccc(Cl)cc1. The van der Waals surface area contributed by atoms with Crippen molar-refractivity contribution in [2.75, 3.05) is 19.7 Å². The van der Waals surface area contributed by atoms with Crippen LogP contribution in [0.3, 0.4) is 0 Å². The van der Waals surface area contributed by atoms with Crippen LogP contribution >= 0.6 is 11.6 Å². The van der Waals surface area contributed by atoms with E-state index in [1.54, 1.807) is 29.2 Å². The molecule has 0 saturated heterocycles. The molecule has 5 nitrogen and oxygen atoms in total. The molecule has 0 aliphatic rings. The molecule has 156 valence electrons. The predicted octanol–water partition coefficient (Wildman–Crippen LogP) is 4.09. The lowest BCUT2D eigenvalue weighted by molar-refractivity contribution is -0.142. The van der Waals surface area contributed by atoms with Crippen LogP contribution in [0, 0.1) is 0 Å². The van der Waals surface area contributed by atoms with Gasteiger partial charge in [-0.25, -0.2) is 0 Å². The number of benzene rings is 2. The Balaban J connectivity index is 2.09. The third-order valence-corrected chi connectivity index (χ3v) is 4.85. The lowest BCUT2D eigenvalue weighted by Crippen LogP contribution is -2.51. The Labute approximate surface area is 178 Å². The third kappa shape index (κ3) is 7.42. The Morgan fingerprint density at radius 3 is 2.38 bits per heavy atom. The molecule has 0 radical (unpaired) electrons. The molecule has 2 aromatic carbocycles. The van der Waals surface area contributed by atoms with Gasteiger partial charge in [-0.05, 0) is 49.1 Å². The fourth-order valence-corrected chi connectivity index (χ4v) is 3.15. The molecule has 0 aromatic heterocycles. The summed E-state index contributed by atoms with van der Waals surface area (Å²) in [5, 5.41) is 3.51. The maximum atomic E-state index is 13.0. The summed E-state index contributed by atoms with van der Waals surface area (Å²) in [5.74, 6) is 0.228. The van der Waals surface area contributed by atoms with Crippen molar-refractivity contribution < 1.29 is 14.3 Å². The number of rotatable bonds is 11. The molecule has 2 rings (SSSR count). The molecule has 0 heterocycles. The highest BCUT2D eigenvalue weighted by atomic mass is 35.5. The molecule has 1 atom stereocenters. The lowest BCUT2D eigenvalue weighted by Gasteiger charge is -2.30. The first-order valence-corrected chi connectivity index (χ1v) is 10.4. The van der Waals surface area contributed by atoms with Gasteiger partial charge in [0.15, 0.2) is 6.61 Å². The van der Waals surface area contributed by atoms with Gasteiger partial charge < -0.3 is 15.0 Å². The molecule has 0 fully saturated rings. The summed E-state index contributed by atoms with van der Waals surface area (Å²) >= 11 is 5.89. The zero-order chi connectivity index (χ0) is 21.1. The Hall–Kier alpha value is -2.53. The maximum absolute atomic E-state index is 13.0. The number of carbonyl (C=O) groups is 2. The molecule has 1 N–H and O–H groups in total. The highest BCUT2D eigenvalue weighted by molar-refractivity contribution is 6.30. The molecule has 6 heteroatoms. The van der Waals surface area contributed by atoms with Gasteiger partial charge >= 0.3 is 0 Å². The number of nitrogens with one attached hydrogen (secondary N) is 1. The van der Waals surface area contributed by atoms with Gasteiger partial charge in [-0.15, -0.1) is 0 Å². The maximum Gasteiger partial charge on any atom is 0.261 e. The molecule has 0 saturated carbocycles.